The number of nitro benzene ring substituents is 1. The predicted molar refractivity (Wildman–Crippen MR) is 108 cm³/mol. The molecule has 8 nitrogen and oxygen atoms in total. The number of nitriles is 1. The summed E-state index contributed by atoms with van der Waals surface area (Å²) in [5.74, 6) is -0.528. The number of rotatable bonds is 4. The Labute approximate surface area is 174 Å². The Bertz CT molecular complexity index is 1210. The van der Waals surface area contributed by atoms with Gasteiger partial charge in [0.25, 0.3) is 5.69 Å². The molecule has 0 saturated heterocycles. The van der Waals surface area contributed by atoms with Crippen molar-refractivity contribution in [3.8, 4) is 17.6 Å². The Morgan fingerprint density at radius 1 is 1.23 bits per heavy atom. The summed E-state index contributed by atoms with van der Waals surface area (Å²) in [6.45, 7) is 0. The maximum absolute atomic E-state index is 12.2. The van der Waals surface area contributed by atoms with Crippen LogP contribution in [0.5, 0.6) is 11.5 Å². The zero-order valence-electron chi connectivity index (χ0n) is 15.3. The zero-order valence-corrected chi connectivity index (χ0v) is 16.1. The van der Waals surface area contributed by atoms with Crippen molar-refractivity contribution < 1.29 is 19.2 Å². The van der Waals surface area contributed by atoms with Crippen molar-refractivity contribution in [2.75, 3.05) is 0 Å². The maximum atomic E-state index is 12.2. The number of thiophene rings is 1. The van der Waals surface area contributed by atoms with Crippen molar-refractivity contribution in [1.82, 2.24) is 0 Å². The number of benzene rings is 2. The molecule has 3 aromatic rings. The molecule has 30 heavy (non-hydrogen) atoms. The van der Waals surface area contributed by atoms with Crippen molar-refractivity contribution in [2.24, 2.45) is 5.73 Å². The van der Waals surface area contributed by atoms with E-state index in [9.17, 15) is 20.2 Å². The molecule has 1 aliphatic heterocycles. The number of carbonyl (C=O) groups excluding carboxylic acids is 1. The molecule has 2 heterocycles. The van der Waals surface area contributed by atoms with E-state index in [2.05, 4.69) is 6.07 Å². The number of esters is 1. The monoisotopic (exact) mass is 419 g/mol. The largest absolute Gasteiger partial charge is 0.440 e. The number of fused-ring (bicyclic) bond motifs is 1. The Morgan fingerprint density at radius 3 is 2.63 bits per heavy atom. The van der Waals surface area contributed by atoms with Gasteiger partial charge in [-0.15, -0.1) is 11.3 Å². The Morgan fingerprint density at radius 2 is 2.00 bits per heavy atom. The smallest absolute Gasteiger partial charge is 0.353 e. The normalized spacial score (nSPS) is 15.0. The van der Waals surface area contributed by atoms with Gasteiger partial charge in [0, 0.05) is 23.8 Å². The molecule has 9 heteroatoms. The number of hydrogen-bond acceptors (Lipinski definition) is 8. The highest BCUT2D eigenvalue weighted by Crippen LogP contribution is 2.43. The Kier molecular flexibility index (Phi) is 4.92. The first-order chi connectivity index (χ1) is 14.5. The number of nitrogens with zero attached hydrogens (tertiary/aromatic N) is 2. The topological polar surface area (TPSA) is 128 Å². The molecule has 0 aliphatic carbocycles. The van der Waals surface area contributed by atoms with Crippen molar-refractivity contribution in [2.45, 2.75) is 5.92 Å². The van der Waals surface area contributed by atoms with Gasteiger partial charge in [-0.2, -0.15) is 5.26 Å². The van der Waals surface area contributed by atoms with E-state index in [-0.39, 0.29) is 22.9 Å². The Balaban J connectivity index is 1.71. The van der Waals surface area contributed by atoms with Gasteiger partial charge in [0.15, 0.2) is 0 Å². The third-order valence-corrected chi connectivity index (χ3v) is 5.41. The summed E-state index contributed by atoms with van der Waals surface area (Å²) in [7, 11) is 0. The molecule has 0 amide bonds. The van der Waals surface area contributed by atoms with Gasteiger partial charge in [0.2, 0.25) is 5.88 Å². The maximum Gasteiger partial charge on any atom is 0.353 e. The van der Waals surface area contributed by atoms with Gasteiger partial charge in [-0.1, -0.05) is 24.3 Å². The second kappa shape index (κ2) is 7.69. The summed E-state index contributed by atoms with van der Waals surface area (Å²) in [6, 6.07) is 16.2. The SMILES string of the molecule is N#CC1=C(N)Oc2cc(OC(=O)c3cccs3)ccc2C1c1ccc([N+](=O)[O-])cc1. The van der Waals surface area contributed by atoms with Gasteiger partial charge in [-0.3, -0.25) is 10.1 Å². The molecule has 148 valence electrons. The summed E-state index contributed by atoms with van der Waals surface area (Å²) >= 11 is 1.27. The first kappa shape index (κ1) is 19.2. The Hall–Kier alpha value is -4.16. The lowest BCUT2D eigenvalue weighted by atomic mass is 9.83. The highest BCUT2D eigenvalue weighted by molar-refractivity contribution is 7.12. The molecule has 2 aromatic carbocycles. The minimum absolute atomic E-state index is 0.0580. The van der Waals surface area contributed by atoms with E-state index in [1.54, 1.807) is 41.8 Å². The van der Waals surface area contributed by atoms with Crippen LogP contribution in [0, 0.1) is 21.4 Å². The number of ether oxygens (including phenoxy) is 2. The van der Waals surface area contributed by atoms with E-state index in [0.29, 0.717) is 21.8 Å². The van der Waals surface area contributed by atoms with Crippen LogP contribution in [-0.4, -0.2) is 10.9 Å². The van der Waals surface area contributed by atoms with Crippen LogP contribution >= 0.6 is 11.3 Å². The lowest BCUT2D eigenvalue weighted by Crippen LogP contribution is -2.21. The molecule has 1 aromatic heterocycles. The first-order valence-electron chi connectivity index (χ1n) is 8.69. The molecule has 0 saturated carbocycles. The number of non-ortho nitro benzene ring substituents is 1. The van der Waals surface area contributed by atoms with Crippen LogP contribution in [0.25, 0.3) is 0 Å². The molecular weight excluding hydrogens is 406 g/mol. The second-order valence-electron chi connectivity index (χ2n) is 6.34. The molecule has 4 rings (SSSR count). The molecule has 0 radical (unpaired) electrons. The van der Waals surface area contributed by atoms with E-state index >= 15 is 0 Å². The van der Waals surface area contributed by atoms with Crippen LogP contribution in [0.1, 0.15) is 26.7 Å². The molecule has 0 bridgehead atoms. The minimum Gasteiger partial charge on any atom is -0.440 e. The highest BCUT2D eigenvalue weighted by Gasteiger charge is 2.31. The summed E-state index contributed by atoms with van der Waals surface area (Å²) in [4.78, 5) is 23.1. The third-order valence-electron chi connectivity index (χ3n) is 4.56. The van der Waals surface area contributed by atoms with Gasteiger partial charge >= 0.3 is 5.97 Å². The van der Waals surface area contributed by atoms with Gasteiger partial charge in [-0.25, -0.2) is 4.79 Å². The van der Waals surface area contributed by atoms with Crippen LogP contribution in [0.15, 0.2) is 71.4 Å². The molecule has 0 fully saturated rings. The predicted octanol–water partition coefficient (Wildman–Crippen LogP) is 4.09. The highest BCUT2D eigenvalue weighted by atomic mass is 32.1. The number of nitrogens with two attached hydrogens (primary N) is 1. The van der Waals surface area contributed by atoms with Gasteiger partial charge in [0.1, 0.15) is 28.0 Å². The number of allylic oxidation sites excluding steroid dienone is 1. The van der Waals surface area contributed by atoms with E-state index in [1.807, 2.05) is 0 Å². The van der Waals surface area contributed by atoms with Crippen molar-refractivity contribution in [1.29, 1.82) is 5.26 Å². The van der Waals surface area contributed by atoms with Gasteiger partial charge in [0.05, 0.1) is 10.8 Å². The van der Waals surface area contributed by atoms with E-state index in [0.717, 1.165) is 0 Å². The van der Waals surface area contributed by atoms with Gasteiger partial charge < -0.3 is 15.2 Å². The molecule has 0 spiro atoms. The second-order valence-corrected chi connectivity index (χ2v) is 7.29. The van der Waals surface area contributed by atoms with Crippen molar-refractivity contribution >= 4 is 23.0 Å². The van der Waals surface area contributed by atoms with Crippen LogP contribution < -0.4 is 15.2 Å². The number of nitro groups is 1. The fourth-order valence-corrected chi connectivity index (χ4v) is 3.78. The minimum atomic E-state index is -0.568. The third kappa shape index (κ3) is 3.47. The van der Waals surface area contributed by atoms with E-state index < -0.39 is 16.8 Å². The average molecular weight is 419 g/mol. The summed E-state index contributed by atoms with van der Waals surface area (Å²) in [5.41, 5.74) is 7.37. The van der Waals surface area contributed by atoms with E-state index in [4.69, 9.17) is 15.2 Å². The fraction of sp³-hybridized carbons (Fsp3) is 0.0476. The summed E-state index contributed by atoms with van der Waals surface area (Å²) < 4.78 is 11.0. The molecule has 2 N–H and O–H groups in total. The molecule has 1 atom stereocenters. The lowest BCUT2D eigenvalue weighted by molar-refractivity contribution is -0.384. The first-order valence-corrected chi connectivity index (χ1v) is 9.57. The summed E-state index contributed by atoms with van der Waals surface area (Å²) in [6.07, 6.45) is 0. The van der Waals surface area contributed by atoms with Crippen molar-refractivity contribution in [3.05, 3.63) is 97.6 Å². The lowest BCUT2D eigenvalue weighted by Gasteiger charge is -2.26. The van der Waals surface area contributed by atoms with Crippen LogP contribution in [-0.2, 0) is 0 Å². The average Bonchev–Trinajstić information content (AvgIpc) is 3.28. The van der Waals surface area contributed by atoms with Crippen LogP contribution in [0.3, 0.4) is 0 Å². The number of hydrogen-bond donors (Lipinski definition) is 1. The standard InChI is InChI=1S/C21H13N3O5S/c22-11-16-19(12-3-5-13(6-4-12)24(26)27)15-8-7-14(10-17(15)29-20(16)23)28-21(25)18-2-1-9-30-18/h1-10,19H,23H2. The molecular formula is C21H13N3O5S. The fourth-order valence-electron chi connectivity index (χ4n) is 3.18. The molecule has 1 unspecified atom stereocenters. The molecule has 1 aliphatic rings. The quantitative estimate of drug-likeness (QED) is 0.292. The van der Waals surface area contributed by atoms with Crippen LogP contribution in [0.2, 0.25) is 0 Å². The summed E-state index contributed by atoms with van der Waals surface area (Å²) in [5, 5.41) is 22.3. The van der Waals surface area contributed by atoms with Crippen molar-refractivity contribution in [3.63, 3.8) is 0 Å². The van der Waals surface area contributed by atoms with Gasteiger partial charge in [-0.05, 0) is 23.1 Å². The number of carbonyl (C=O) groups is 1. The van der Waals surface area contributed by atoms with Crippen LogP contribution in [0.4, 0.5) is 5.69 Å². The van der Waals surface area contributed by atoms with E-state index in [1.165, 1.54) is 29.5 Å². The zero-order chi connectivity index (χ0) is 21.3.